The van der Waals surface area contributed by atoms with Crippen molar-refractivity contribution >= 4 is 42.8 Å². The molecule has 8 heteroatoms. The van der Waals surface area contributed by atoms with Gasteiger partial charge in [0.15, 0.2) is 0 Å². The van der Waals surface area contributed by atoms with Crippen LogP contribution in [0.1, 0.15) is 25.8 Å². The molecule has 0 radical (unpaired) electrons. The van der Waals surface area contributed by atoms with Crippen molar-refractivity contribution in [3.8, 4) is 5.75 Å². The van der Waals surface area contributed by atoms with Gasteiger partial charge in [-0.15, -0.1) is 0 Å². The summed E-state index contributed by atoms with van der Waals surface area (Å²) in [5, 5.41) is 0.732. The Hall–Kier alpha value is -2.32. The van der Waals surface area contributed by atoms with Gasteiger partial charge in [0.05, 0.1) is 18.7 Å². The lowest BCUT2D eigenvalue weighted by molar-refractivity contribution is -0.143. The zero-order chi connectivity index (χ0) is 21.0. The summed E-state index contributed by atoms with van der Waals surface area (Å²) in [7, 11) is -3.84. The predicted octanol–water partition coefficient (Wildman–Crippen LogP) is 4.54. The van der Waals surface area contributed by atoms with Crippen LogP contribution in [0, 0.1) is 0 Å². The van der Waals surface area contributed by atoms with Gasteiger partial charge < -0.3 is 9.47 Å². The van der Waals surface area contributed by atoms with E-state index >= 15 is 0 Å². The van der Waals surface area contributed by atoms with E-state index in [0.29, 0.717) is 35.4 Å². The number of aromatic nitrogens is 1. The van der Waals surface area contributed by atoms with E-state index in [9.17, 15) is 13.2 Å². The molecule has 29 heavy (non-hydrogen) atoms. The summed E-state index contributed by atoms with van der Waals surface area (Å²) in [6.07, 6.45) is 2.11. The third kappa shape index (κ3) is 4.48. The summed E-state index contributed by atoms with van der Waals surface area (Å²) < 4.78 is 39.0. The number of halogens is 1. The van der Waals surface area contributed by atoms with Gasteiger partial charge in [0, 0.05) is 22.5 Å². The zero-order valence-electron chi connectivity index (χ0n) is 16.2. The lowest BCUT2D eigenvalue weighted by atomic mass is 10.1. The molecule has 0 aliphatic heterocycles. The number of ether oxygens (including phenoxy) is 2. The van der Waals surface area contributed by atoms with Gasteiger partial charge in [0.1, 0.15) is 10.6 Å². The van der Waals surface area contributed by atoms with Crippen molar-refractivity contribution in [3.63, 3.8) is 0 Å². The minimum atomic E-state index is -3.84. The quantitative estimate of drug-likeness (QED) is 0.443. The molecule has 0 saturated heterocycles. The number of carbonyl (C=O) groups excluding carboxylic acids is 1. The maximum absolute atomic E-state index is 13.3. The summed E-state index contributed by atoms with van der Waals surface area (Å²) in [6.45, 7) is 4.45. The zero-order valence-corrected chi connectivity index (χ0v) is 18.6. The second-order valence-corrected chi connectivity index (χ2v) is 8.94. The normalized spacial score (nSPS) is 11.6. The molecule has 0 atom stereocenters. The van der Waals surface area contributed by atoms with Crippen molar-refractivity contribution in [2.24, 2.45) is 0 Å². The van der Waals surface area contributed by atoms with E-state index in [0.717, 1.165) is 10.9 Å². The van der Waals surface area contributed by atoms with Crippen molar-refractivity contribution in [1.82, 2.24) is 3.97 Å². The maximum atomic E-state index is 13.3. The minimum Gasteiger partial charge on any atom is -0.494 e. The fourth-order valence-corrected chi connectivity index (χ4v) is 5.49. The van der Waals surface area contributed by atoms with Gasteiger partial charge in [-0.05, 0) is 72.1 Å². The number of esters is 1. The summed E-state index contributed by atoms with van der Waals surface area (Å²) in [4.78, 5) is 12.0. The summed E-state index contributed by atoms with van der Waals surface area (Å²) in [5.41, 5.74) is 1.27. The average Bonchev–Trinajstić information content (AvgIpc) is 3.06. The smallest absolute Gasteiger partial charge is 0.306 e. The van der Waals surface area contributed by atoms with Gasteiger partial charge in [-0.3, -0.25) is 4.79 Å². The molecule has 2 aromatic carbocycles. The fourth-order valence-electron chi connectivity index (χ4n) is 3.13. The lowest BCUT2D eigenvalue weighted by Gasteiger charge is -2.09. The first kappa shape index (κ1) is 21.4. The molecule has 3 rings (SSSR count). The Morgan fingerprint density at radius 3 is 2.55 bits per heavy atom. The summed E-state index contributed by atoms with van der Waals surface area (Å²) >= 11 is 3.33. The maximum Gasteiger partial charge on any atom is 0.306 e. The van der Waals surface area contributed by atoms with Gasteiger partial charge in [0.2, 0.25) is 0 Å². The van der Waals surface area contributed by atoms with E-state index in [1.807, 2.05) is 13.0 Å². The second-order valence-electron chi connectivity index (χ2n) is 6.30. The van der Waals surface area contributed by atoms with E-state index in [2.05, 4.69) is 15.9 Å². The lowest BCUT2D eigenvalue weighted by Crippen LogP contribution is -2.12. The number of hydrogen-bond donors (Lipinski definition) is 0. The standard InChI is InChI=1S/C21H22BrNO5S/c1-3-27-16-10-11-19-17(13-16)15(9-12-21(24)28-4-2)14-23(19)29(25,26)20-8-6-5-7-18(20)22/h5-8,10-11,13-14H,3-4,9,12H2,1-2H3. The van der Waals surface area contributed by atoms with Crippen LogP contribution in [-0.4, -0.2) is 31.6 Å². The summed E-state index contributed by atoms with van der Waals surface area (Å²) in [6, 6.07) is 12.0. The van der Waals surface area contributed by atoms with Crippen LogP contribution in [-0.2, 0) is 26.0 Å². The topological polar surface area (TPSA) is 74.6 Å². The molecule has 0 fully saturated rings. The Morgan fingerprint density at radius 2 is 1.86 bits per heavy atom. The number of rotatable bonds is 8. The van der Waals surface area contributed by atoms with Crippen LogP contribution in [0.4, 0.5) is 0 Å². The van der Waals surface area contributed by atoms with Crippen LogP contribution in [0.25, 0.3) is 10.9 Å². The van der Waals surface area contributed by atoms with Crippen molar-refractivity contribution in [1.29, 1.82) is 0 Å². The SMILES string of the molecule is CCOC(=O)CCc1cn(S(=O)(=O)c2ccccc2Br)c2ccc(OCC)cc12. The monoisotopic (exact) mass is 479 g/mol. The molecular formula is C21H22BrNO5S. The molecule has 3 aromatic rings. The molecule has 154 valence electrons. The first-order chi connectivity index (χ1) is 13.9. The molecule has 0 aliphatic rings. The third-order valence-electron chi connectivity index (χ3n) is 4.41. The highest BCUT2D eigenvalue weighted by atomic mass is 79.9. The van der Waals surface area contributed by atoms with Crippen LogP contribution in [0.2, 0.25) is 0 Å². The second kappa shape index (κ2) is 9.00. The van der Waals surface area contributed by atoms with Crippen LogP contribution < -0.4 is 4.74 Å². The van der Waals surface area contributed by atoms with Crippen molar-refractivity contribution in [2.75, 3.05) is 13.2 Å². The molecule has 0 aliphatic carbocycles. The van der Waals surface area contributed by atoms with E-state index in [-0.39, 0.29) is 17.3 Å². The molecule has 6 nitrogen and oxygen atoms in total. The van der Waals surface area contributed by atoms with Crippen LogP contribution >= 0.6 is 15.9 Å². The fraction of sp³-hybridized carbons (Fsp3) is 0.286. The molecule has 0 spiro atoms. The Kier molecular flexibility index (Phi) is 6.64. The van der Waals surface area contributed by atoms with Crippen molar-refractivity contribution < 1.29 is 22.7 Å². The highest BCUT2D eigenvalue weighted by molar-refractivity contribution is 9.10. The number of carbonyl (C=O) groups is 1. The summed E-state index contributed by atoms with van der Waals surface area (Å²) in [5.74, 6) is 0.330. The molecule has 0 amide bonds. The molecular weight excluding hydrogens is 458 g/mol. The highest BCUT2D eigenvalue weighted by Gasteiger charge is 2.24. The molecule has 0 N–H and O–H groups in total. The number of fused-ring (bicyclic) bond motifs is 1. The van der Waals surface area contributed by atoms with E-state index < -0.39 is 10.0 Å². The molecule has 0 bridgehead atoms. The number of benzene rings is 2. The number of hydrogen-bond acceptors (Lipinski definition) is 5. The Labute approximate surface area is 178 Å². The van der Waals surface area contributed by atoms with E-state index in [1.54, 1.807) is 49.5 Å². The minimum absolute atomic E-state index is 0.168. The average molecular weight is 480 g/mol. The van der Waals surface area contributed by atoms with Crippen molar-refractivity contribution in [2.45, 2.75) is 31.6 Å². The predicted molar refractivity (Wildman–Crippen MR) is 115 cm³/mol. The van der Waals surface area contributed by atoms with Crippen LogP contribution in [0.3, 0.4) is 0 Å². The van der Waals surface area contributed by atoms with Gasteiger partial charge in [-0.25, -0.2) is 12.4 Å². The molecule has 1 aromatic heterocycles. The third-order valence-corrected chi connectivity index (χ3v) is 7.10. The van der Waals surface area contributed by atoms with Gasteiger partial charge >= 0.3 is 5.97 Å². The van der Waals surface area contributed by atoms with Crippen LogP contribution in [0.5, 0.6) is 5.75 Å². The Balaban J connectivity index is 2.12. The van der Waals surface area contributed by atoms with E-state index in [4.69, 9.17) is 9.47 Å². The number of nitrogens with zero attached hydrogens (tertiary/aromatic N) is 1. The first-order valence-corrected chi connectivity index (χ1v) is 11.5. The molecule has 1 heterocycles. The van der Waals surface area contributed by atoms with Gasteiger partial charge in [0.25, 0.3) is 10.0 Å². The van der Waals surface area contributed by atoms with Crippen LogP contribution in [0.15, 0.2) is 58.0 Å². The Morgan fingerprint density at radius 1 is 1.10 bits per heavy atom. The Bertz CT molecular complexity index is 1140. The largest absolute Gasteiger partial charge is 0.494 e. The highest BCUT2D eigenvalue weighted by Crippen LogP contribution is 2.32. The number of aryl methyl sites for hydroxylation is 1. The van der Waals surface area contributed by atoms with E-state index in [1.165, 1.54) is 3.97 Å². The van der Waals surface area contributed by atoms with Crippen molar-refractivity contribution in [3.05, 3.63) is 58.7 Å². The van der Waals surface area contributed by atoms with Gasteiger partial charge in [-0.1, -0.05) is 12.1 Å². The molecule has 0 unspecified atom stereocenters. The molecule has 0 saturated carbocycles. The first-order valence-electron chi connectivity index (χ1n) is 9.31. The van der Waals surface area contributed by atoms with Gasteiger partial charge in [-0.2, -0.15) is 0 Å².